The van der Waals surface area contributed by atoms with Gasteiger partial charge in [-0.05, 0) is 32.4 Å². The number of rotatable bonds is 7. The summed E-state index contributed by atoms with van der Waals surface area (Å²) in [5, 5.41) is 7.31. The Morgan fingerprint density at radius 3 is 2.65 bits per heavy atom. The molecule has 3 N–H and O–H groups in total. The van der Waals surface area contributed by atoms with Crippen LogP contribution in [0.3, 0.4) is 0 Å². The molecular weight excluding hydrogens is 248 g/mol. The van der Waals surface area contributed by atoms with Crippen LogP contribution in [0.1, 0.15) is 22.4 Å². The minimum atomic E-state index is 0.688. The van der Waals surface area contributed by atoms with Crippen molar-refractivity contribution in [2.45, 2.75) is 26.3 Å². The van der Waals surface area contributed by atoms with E-state index in [4.69, 9.17) is 5.73 Å². The molecule has 1 aromatic heterocycles. The average molecular weight is 272 g/mol. The van der Waals surface area contributed by atoms with Crippen LogP contribution in [0, 0.1) is 6.92 Å². The van der Waals surface area contributed by atoms with Crippen molar-refractivity contribution >= 4 is 0 Å². The van der Waals surface area contributed by atoms with Crippen LogP contribution in [0.15, 0.2) is 30.5 Å². The van der Waals surface area contributed by atoms with Crippen molar-refractivity contribution in [1.29, 1.82) is 0 Å². The maximum Gasteiger partial charge on any atom is 0.0535 e. The second kappa shape index (κ2) is 7.22. The molecule has 108 valence electrons. The number of hydrogen-bond donors (Lipinski definition) is 2. The molecule has 0 aliphatic rings. The fraction of sp³-hybridized carbons (Fsp3) is 0.438. The number of nitrogens with one attached hydrogen (secondary N) is 1. The molecule has 0 saturated heterocycles. The lowest BCUT2D eigenvalue weighted by Gasteiger charge is -2.15. The van der Waals surface area contributed by atoms with Crippen molar-refractivity contribution in [1.82, 2.24) is 15.1 Å². The first-order valence-electron chi connectivity index (χ1n) is 7.14. The normalized spacial score (nSPS) is 11.2. The first kappa shape index (κ1) is 14.8. The summed E-state index contributed by atoms with van der Waals surface area (Å²) in [6.07, 6.45) is 3.96. The molecule has 4 nitrogen and oxygen atoms in total. The van der Waals surface area contributed by atoms with Crippen LogP contribution in [-0.2, 0) is 19.4 Å². The molecule has 0 unspecified atom stereocenters. The van der Waals surface area contributed by atoms with Crippen molar-refractivity contribution in [3.05, 3.63) is 52.8 Å². The quantitative estimate of drug-likeness (QED) is 0.809. The first-order valence-corrected chi connectivity index (χ1v) is 7.14. The molecule has 0 spiro atoms. The molecule has 4 heteroatoms. The second-order valence-corrected chi connectivity index (χ2v) is 5.39. The molecule has 2 aromatic rings. The summed E-state index contributed by atoms with van der Waals surface area (Å²) >= 11 is 0. The van der Waals surface area contributed by atoms with E-state index in [9.17, 15) is 0 Å². The van der Waals surface area contributed by atoms with E-state index in [2.05, 4.69) is 53.3 Å². The fourth-order valence-electron chi connectivity index (χ4n) is 2.30. The van der Waals surface area contributed by atoms with Gasteiger partial charge in [0.1, 0.15) is 0 Å². The number of aromatic nitrogens is 2. The molecule has 20 heavy (non-hydrogen) atoms. The lowest BCUT2D eigenvalue weighted by molar-refractivity contribution is 0.335. The maximum atomic E-state index is 5.58. The Bertz CT molecular complexity index is 516. The monoisotopic (exact) mass is 272 g/mol. The van der Waals surface area contributed by atoms with E-state index in [1.54, 1.807) is 0 Å². The first-order chi connectivity index (χ1) is 9.69. The average Bonchev–Trinajstić information content (AvgIpc) is 2.86. The summed E-state index contributed by atoms with van der Waals surface area (Å²) < 4.78 is 0. The number of hydrogen-bond acceptors (Lipinski definition) is 3. The van der Waals surface area contributed by atoms with Crippen molar-refractivity contribution < 1.29 is 0 Å². The predicted octanol–water partition coefficient (Wildman–Crippen LogP) is 1.89. The molecule has 2 rings (SSSR count). The standard InChI is InChI=1S/C16H24N4/c1-13-3-5-14(6-4-13)7-8-16-15(11-18-19-16)12-20(2)10-9-17/h3-6,11H,7-10,12,17H2,1-2H3,(H,18,19). The van der Waals surface area contributed by atoms with Crippen LogP contribution in [-0.4, -0.2) is 35.2 Å². The summed E-state index contributed by atoms with van der Waals surface area (Å²) in [5.74, 6) is 0. The highest BCUT2D eigenvalue weighted by Gasteiger charge is 2.08. The Balaban J connectivity index is 1.93. The van der Waals surface area contributed by atoms with E-state index in [1.165, 1.54) is 22.4 Å². The lowest BCUT2D eigenvalue weighted by atomic mass is 10.0. The Labute approximate surface area is 121 Å². The zero-order chi connectivity index (χ0) is 14.4. The maximum absolute atomic E-state index is 5.58. The van der Waals surface area contributed by atoms with Crippen molar-refractivity contribution in [3.8, 4) is 0 Å². The Kier molecular flexibility index (Phi) is 5.32. The van der Waals surface area contributed by atoms with Crippen molar-refractivity contribution in [3.63, 3.8) is 0 Å². The number of aryl methyl sites for hydroxylation is 3. The zero-order valence-corrected chi connectivity index (χ0v) is 12.4. The predicted molar refractivity (Wildman–Crippen MR) is 82.6 cm³/mol. The van der Waals surface area contributed by atoms with Gasteiger partial charge >= 0.3 is 0 Å². The summed E-state index contributed by atoms with van der Waals surface area (Å²) in [5.41, 5.74) is 10.8. The third kappa shape index (κ3) is 4.18. The van der Waals surface area contributed by atoms with Crippen LogP contribution in [0.5, 0.6) is 0 Å². The third-order valence-electron chi connectivity index (χ3n) is 3.54. The molecule has 1 aromatic carbocycles. The Morgan fingerprint density at radius 1 is 1.20 bits per heavy atom. The Morgan fingerprint density at radius 2 is 1.95 bits per heavy atom. The summed E-state index contributed by atoms with van der Waals surface area (Å²) in [6, 6.07) is 8.73. The number of H-pyrrole nitrogens is 1. The SMILES string of the molecule is Cc1ccc(CCc2[nH]ncc2CN(C)CCN)cc1. The number of nitrogens with two attached hydrogens (primary N) is 1. The number of nitrogens with zero attached hydrogens (tertiary/aromatic N) is 2. The highest BCUT2D eigenvalue weighted by molar-refractivity contribution is 5.23. The minimum Gasteiger partial charge on any atom is -0.329 e. The van der Waals surface area contributed by atoms with Gasteiger partial charge in [0.15, 0.2) is 0 Å². The van der Waals surface area contributed by atoms with Crippen LogP contribution in [0.2, 0.25) is 0 Å². The second-order valence-electron chi connectivity index (χ2n) is 5.39. The van der Waals surface area contributed by atoms with E-state index in [1.807, 2.05) is 6.20 Å². The van der Waals surface area contributed by atoms with E-state index < -0.39 is 0 Å². The number of likely N-dealkylation sites (N-methyl/N-ethyl adjacent to an activating group) is 1. The van der Waals surface area contributed by atoms with Crippen LogP contribution < -0.4 is 5.73 Å². The van der Waals surface area contributed by atoms with Gasteiger partial charge in [0.2, 0.25) is 0 Å². The van der Waals surface area contributed by atoms with E-state index in [-0.39, 0.29) is 0 Å². The lowest BCUT2D eigenvalue weighted by Crippen LogP contribution is -2.25. The molecule has 0 saturated carbocycles. The largest absolute Gasteiger partial charge is 0.329 e. The van der Waals surface area contributed by atoms with E-state index in [0.717, 1.165) is 25.9 Å². The molecule has 0 atom stereocenters. The highest BCUT2D eigenvalue weighted by Crippen LogP contribution is 2.12. The fourth-order valence-corrected chi connectivity index (χ4v) is 2.30. The van der Waals surface area contributed by atoms with Crippen molar-refractivity contribution in [2.24, 2.45) is 5.73 Å². The summed E-state index contributed by atoms with van der Waals surface area (Å²) in [7, 11) is 2.09. The van der Waals surface area contributed by atoms with Crippen LogP contribution in [0.4, 0.5) is 0 Å². The van der Waals surface area contributed by atoms with Gasteiger partial charge in [-0.15, -0.1) is 0 Å². The van der Waals surface area contributed by atoms with Gasteiger partial charge in [-0.1, -0.05) is 29.8 Å². The van der Waals surface area contributed by atoms with Gasteiger partial charge in [0.05, 0.1) is 6.20 Å². The van der Waals surface area contributed by atoms with Gasteiger partial charge in [-0.25, -0.2) is 0 Å². The summed E-state index contributed by atoms with van der Waals surface area (Å²) in [6.45, 7) is 4.61. The third-order valence-corrected chi connectivity index (χ3v) is 3.54. The van der Waals surface area contributed by atoms with E-state index in [0.29, 0.717) is 6.54 Å². The summed E-state index contributed by atoms with van der Waals surface area (Å²) in [4.78, 5) is 2.22. The molecule has 0 amide bonds. The van der Waals surface area contributed by atoms with Gasteiger partial charge in [0.25, 0.3) is 0 Å². The Hall–Kier alpha value is -1.65. The molecule has 0 fully saturated rings. The van der Waals surface area contributed by atoms with Crippen molar-refractivity contribution in [2.75, 3.05) is 20.1 Å². The number of benzene rings is 1. The van der Waals surface area contributed by atoms with Gasteiger partial charge in [0, 0.05) is 30.9 Å². The van der Waals surface area contributed by atoms with Crippen LogP contribution in [0.25, 0.3) is 0 Å². The molecular formula is C16H24N4. The van der Waals surface area contributed by atoms with Crippen LogP contribution >= 0.6 is 0 Å². The zero-order valence-electron chi connectivity index (χ0n) is 12.4. The molecule has 0 aliphatic heterocycles. The highest BCUT2D eigenvalue weighted by atomic mass is 15.1. The molecule has 0 bridgehead atoms. The smallest absolute Gasteiger partial charge is 0.0535 e. The number of aromatic amines is 1. The van der Waals surface area contributed by atoms with Gasteiger partial charge in [-0.2, -0.15) is 5.10 Å². The molecule has 0 aliphatic carbocycles. The van der Waals surface area contributed by atoms with Gasteiger partial charge in [-0.3, -0.25) is 5.10 Å². The van der Waals surface area contributed by atoms with Gasteiger partial charge < -0.3 is 10.6 Å². The molecule has 1 heterocycles. The topological polar surface area (TPSA) is 57.9 Å². The molecule has 0 radical (unpaired) electrons. The van der Waals surface area contributed by atoms with E-state index >= 15 is 0 Å². The minimum absolute atomic E-state index is 0.688.